The largest absolute Gasteiger partial charge is 0.508 e. The van der Waals surface area contributed by atoms with Crippen molar-refractivity contribution in [3.63, 3.8) is 0 Å². The van der Waals surface area contributed by atoms with Crippen LogP contribution in [0, 0.1) is 24.0 Å². The standard InChI is InChI=1S/C21H20N4O4/c1-14-11-17(15(2)24(14)18-7-9-19(26)10-8-18)13-22-23-21(27)12-16-5-3-4-6-20(16)25(28)29/h3-11,13,26H,12H2,1-2H3,(H,23,27). The van der Waals surface area contributed by atoms with E-state index in [1.165, 1.54) is 12.3 Å². The van der Waals surface area contributed by atoms with E-state index < -0.39 is 10.8 Å². The van der Waals surface area contributed by atoms with E-state index in [1.54, 1.807) is 30.3 Å². The Morgan fingerprint density at radius 3 is 2.59 bits per heavy atom. The van der Waals surface area contributed by atoms with Gasteiger partial charge in [-0.15, -0.1) is 0 Å². The fourth-order valence-electron chi connectivity index (χ4n) is 3.14. The van der Waals surface area contributed by atoms with Crippen LogP contribution in [0.3, 0.4) is 0 Å². The first kappa shape index (κ1) is 19.8. The van der Waals surface area contributed by atoms with Gasteiger partial charge in [-0.05, 0) is 44.2 Å². The van der Waals surface area contributed by atoms with Crippen LogP contribution >= 0.6 is 0 Å². The summed E-state index contributed by atoms with van der Waals surface area (Å²) in [6, 6.07) is 14.9. The number of carbonyl (C=O) groups excluding carboxylic acids is 1. The number of phenolic OH excluding ortho intramolecular Hbond substituents is 1. The summed E-state index contributed by atoms with van der Waals surface area (Å²) in [5, 5.41) is 24.5. The summed E-state index contributed by atoms with van der Waals surface area (Å²) >= 11 is 0. The molecule has 0 spiro atoms. The zero-order valence-corrected chi connectivity index (χ0v) is 16.0. The van der Waals surface area contributed by atoms with Crippen LogP contribution in [0.15, 0.2) is 59.7 Å². The molecule has 8 nitrogen and oxygen atoms in total. The molecule has 3 rings (SSSR count). The predicted molar refractivity (Wildman–Crippen MR) is 109 cm³/mol. The first-order valence-corrected chi connectivity index (χ1v) is 8.89. The number of para-hydroxylation sites is 1. The summed E-state index contributed by atoms with van der Waals surface area (Å²) in [5.41, 5.74) is 6.27. The second kappa shape index (κ2) is 8.39. The molecule has 0 aliphatic heterocycles. The minimum Gasteiger partial charge on any atom is -0.508 e. The molecular formula is C21H20N4O4. The van der Waals surface area contributed by atoms with Crippen molar-refractivity contribution in [2.45, 2.75) is 20.3 Å². The Morgan fingerprint density at radius 1 is 1.21 bits per heavy atom. The third-order valence-corrected chi connectivity index (χ3v) is 4.51. The molecule has 0 saturated carbocycles. The van der Waals surface area contributed by atoms with Gasteiger partial charge in [0, 0.05) is 34.3 Å². The molecule has 0 aliphatic carbocycles. The number of benzene rings is 2. The molecule has 0 radical (unpaired) electrons. The number of carbonyl (C=O) groups is 1. The molecule has 29 heavy (non-hydrogen) atoms. The number of nitro benzene ring substituents is 1. The maximum atomic E-state index is 12.1. The van der Waals surface area contributed by atoms with Gasteiger partial charge in [0.15, 0.2) is 0 Å². The van der Waals surface area contributed by atoms with Crippen LogP contribution in [-0.4, -0.2) is 26.7 Å². The van der Waals surface area contributed by atoms with Crippen LogP contribution in [0.4, 0.5) is 5.69 Å². The van der Waals surface area contributed by atoms with Crippen LogP contribution in [0.2, 0.25) is 0 Å². The Labute approximate surface area is 167 Å². The Hall–Kier alpha value is -3.94. The number of nitrogens with zero attached hydrogens (tertiary/aromatic N) is 3. The fraction of sp³-hybridized carbons (Fsp3) is 0.143. The van der Waals surface area contributed by atoms with E-state index in [0.717, 1.165) is 22.6 Å². The molecule has 0 saturated heterocycles. The van der Waals surface area contributed by atoms with Crippen molar-refractivity contribution in [3.05, 3.63) is 87.2 Å². The summed E-state index contributed by atoms with van der Waals surface area (Å²) in [6.07, 6.45) is 1.40. The Kier molecular flexibility index (Phi) is 5.73. The molecule has 1 heterocycles. The van der Waals surface area contributed by atoms with Gasteiger partial charge in [-0.1, -0.05) is 18.2 Å². The molecule has 0 aliphatic rings. The van der Waals surface area contributed by atoms with Gasteiger partial charge in [0.05, 0.1) is 17.6 Å². The minimum atomic E-state index is -0.510. The average molecular weight is 392 g/mol. The van der Waals surface area contributed by atoms with Crippen molar-refractivity contribution in [1.29, 1.82) is 0 Å². The topological polar surface area (TPSA) is 110 Å². The summed E-state index contributed by atoms with van der Waals surface area (Å²) in [7, 11) is 0. The molecular weight excluding hydrogens is 372 g/mol. The van der Waals surface area contributed by atoms with Crippen LogP contribution in [0.5, 0.6) is 5.75 Å². The van der Waals surface area contributed by atoms with Gasteiger partial charge in [-0.2, -0.15) is 5.10 Å². The Balaban J connectivity index is 1.71. The highest BCUT2D eigenvalue weighted by Gasteiger charge is 2.15. The van der Waals surface area contributed by atoms with Crippen molar-refractivity contribution in [1.82, 2.24) is 9.99 Å². The molecule has 0 atom stereocenters. The molecule has 0 unspecified atom stereocenters. The van der Waals surface area contributed by atoms with E-state index >= 15 is 0 Å². The molecule has 8 heteroatoms. The maximum absolute atomic E-state index is 12.1. The lowest BCUT2D eigenvalue weighted by Crippen LogP contribution is -2.20. The van der Waals surface area contributed by atoms with Gasteiger partial charge in [0.2, 0.25) is 5.91 Å². The van der Waals surface area contributed by atoms with Crippen molar-refractivity contribution in [3.8, 4) is 11.4 Å². The van der Waals surface area contributed by atoms with E-state index in [2.05, 4.69) is 10.5 Å². The van der Waals surface area contributed by atoms with Gasteiger partial charge < -0.3 is 9.67 Å². The van der Waals surface area contributed by atoms with E-state index in [-0.39, 0.29) is 17.9 Å². The highest BCUT2D eigenvalue weighted by molar-refractivity contribution is 5.85. The van der Waals surface area contributed by atoms with Crippen molar-refractivity contribution >= 4 is 17.8 Å². The maximum Gasteiger partial charge on any atom is 0.273 e. The minimum absolute atomic E-state index is 0.0935. The number of nitro groups is 1. The number of hydrogen-bond donors (Lipinski definition) is 2. The first-order chi connectivity index (χ1) is 13.9. The lowest BCUT2D eigenvalue weighted by atomic mass is 10.1. The number of amides is 1. The normalized spacial score (nSPS) is 11.0. The second-order valence-corrected chi connectivity index (χ2v) is 6.53. The average Bonchev–Trinajstić information content (AvgIpc) is 2.96. The Morgan fingerprint density at radius 2 is 1.90 bits per heavy atom. The van der Waals surface area contributed by atoms with Crippen molar-refractivity contribution in [2.24, 2.45) is 5.10 Å². The molecule has 0 bridgehead atoms. The summed E-state index contributed by atoms with van der Waals surface area (Å²) in [5.74, 6) is -0.248. The number of hydrazone groups is 1. The van der Waals surface area contributed by atoms with Crippen molar-refractivity contribution < 1.29 is 14.8 Å². The number of rotatable bonds is 6. The molecule has 2 aromatic carbocycles. The van der Waals surface area contributed by atoms with Gasteiger partial charge in [0.1, 0.15) is 5.75 Å². The number of aromatic hydroxyl groups is 1. The first-order valence-electron chi connectivity index (χ1n) is 8.89. The van der Waals surface area contributed by atoms with Crippen molar-refractivity contribution in [2.75, 3.05) is 0 Å². The quantitative estimate of drug-likeness (QED) is 0.380. The SMILES string of the molecule is Cc1cc(C=NNC(=O)Cc2ccccc2[N+](=O)[O-])c(C)n1-c1ccc(O)cc1. The van der Waals surface area contributed by atoms with Crippen LogP contribution in [0.1, 0.15) is 22.5 Å². The number of phenols is 1. The highest BCUT2D eigenvalue weighted by atomic mass is 16.6. The highest BCUT2D eigenvalue weighted by Crippen LogP contribution is 2.21. The number of hydrogen-bond acceptors (Lipinski definition) is 5. The zero-order valence-electron chi connectivity index (χ0n) is 16.0. The molecule has 0 fully saturated rings. The van der Waals surface area contributed by atoms with Gasteiger partial charge in [0.25, 0.3) is 5.69 Å². The molecule has 2 N–H and O–H groups in total. The zero-order chi connectivity index (χ0) is 21.0. The number of aromatic nitrogens is 1. The smallest absolute Gasteiger partial charge is 0.273 e. The lowest BCUT2D eigenvalue weighted by Gasteiger charge is -2.09. The van der Waals surface area contributed by atoms with E-state index in [1.807, 2.05) is 36.6 Å². The van der Waals surface area contributed by atoms with E-state index in [4.69, 9.17) is 0 Å². The predicted octanol–water partition coefficient (Wildman–Crippen LogP) is 3.40. The van der Waals surface area contributed by atoms with Gasteiger partial charge in [-0.25, -0.2) is 5.43 Å². The summed E-state index contributed by atoms with van der Waals surface area (Å²) < 4.78 is 2.01. The second-order valence-electron chi connectivity index (χ2n) is 6.53. The lowest BCUT2D eigenvalue weighted by molar-refractivity contribution is -0.385. The van der Waals surface area contributed by atoms with Crippen LogP contribution < -0.4 is 5.43 Å². The van der Waals surface area contributed by atoms with Gasteiger partial charge >= 0.3 is 0 Å². The monoisotopic (exact) mass is 392 g/mol. The number of nitrogens with one attached hydrogen (secondary N) is 1. The van der Waals surface area contributed by atoms with Crippen LogP contribution in [-0.2, 0) is 11.2 Å². The third-order valence-electron chi connectivity index (χ3n) is 4.51. The molecule has 1 amide bonds. The van der Waals surface area contributed by atoms with Crippen LogP contribution in [0.25, 0.3) is 5.69 Å². The Bertz CT molecular complexity index is 1080. The fourth-order valence-corrected chi connectivity index (χ4v) is 3.14. The third kappa shape index (κ3) is 4.49. The summed E-state index contributed by atoms with van der Waals surface area (Å²) in [6.45, 7) is 3.88. The molecule has 3 aromatic rings. The van der Waals surface area contributed by atoms with Gasteiger partial charge in [-0.3, -0.25) is 14.9 Å². The van der Waals surface area contributed by atoms with E-state index in [9.17, 15) is 20.0 Å². The van der Waals surface area contributed by atoms with E-state index in [0.29, 0.717) is 5.56 Å². The molecule has 148 valence electrons. The summed E-state index contributed by atoms with van der Waals surface area (Å²) in [4.78, 5) is 22.6. The molecule has 1 aromatic heterocycles. The number of aryl methyl sites for hydroxylation is 1.